The number of rotatable bonds is 4. The highest BCUT2D eigenvalue weighted by Gasteiger charge is 2.55. The fraction of sp³-hybridized carbons (Fsp3) is 0.588. The number of carbonyl (C=O) groups is 2. The Labute approximate surface area is 135 Å². The molecule has 2 N–H and O–H groups in total. The second-order valence-electron chi connectivity index (χ2n) is 6.84. The number of fused-ring (bicyclic) bond motifs is 1. The molecule has 0 bridgehead atoms. The molecule has 1 aromatic heterocycles. The van der Waals surface area contributed by atoms with Crippen LogP contribution in [0.15, 0.2) is 24.5 Å². The molecule has 3 rings (SSSR count). The number of nitrogens with zero attached hydrogens (tertiary/aromatic N) is 2. The fourth-order valence-corrected chi connectivity index (χ4v) is 4.02. The highest BCUT2D eigenvalue weighted by atomic mass is 16.4. The average Bonchev–Trinajstić information content (AvgIpc) is 3.06. The molecule has 124 valence electrons. The van der Waals surface area contributed by atoms with Gasteiger partial charge in [-0.2, -0.15) is 0 Å². The molecule has 2 amide bonds. The van der Waals surface area contributed by atoms with Crippen LogP contribution in [0.4, 0.5) is 4.79 Å². The van der Waals surface area contributed by atoms with E-state index in [1.54, 1.807) is 17.3 Å². The number of aliphatic carboxylic acids is 1. The second kappa shape index (κ2) is 6.18. The Hall–Kier alpha value is -2.11. The van der Waals surface area contributed by atoms with Gasteiger partial charge in [0.05, 0.1) is 5.41 Å². The van der Waals surface area contributed by atoms with Crippen molar-refractivity contribution in [2.24, 2.45) is 11.3 Å². The van der Waals surface area contributed by atoms with Crippen LogP contribution in [0.1, 0.15) is 31.7 Å². The summed E-state index contributed by atoms with van der Waals surface area (Å²) < 4.78 is 0. The van der Waals surface area contributed by atoms with Crippen LogP contribution in [0.3, 0.4) is 0 Å². The zero-order chi connectivity index (χ0) is 16.4. The van der Waals surface area contributed by atoms with Gasteiger partial charge in [-0.1, -0.05) is 6.42 Å². The Morgan fingerprint density at radius 2 is 2.22 bits per heavy atom. The van der Waals surface area contributed by atoms with Crippen molar-refractivity contribution in [3.63, 3.8) is 0 Å². The third-order valence-corrected chi connectivity index (χ3v) is 5.24. The first kappa shape index (κ1) is 15.8. The second-order valence-corrected chi connectivity index (χ2v) is 6.84. The van der Waals surface area contributed by atoms with Gasteiger partial charge in [-0.15, -0.1) is 0 Å². The lowest BCUT2D eigenvalue weighted by molar-refractivity contribution is -0.149. The van der Waals surface area contributed by atoms with Crippen molar-refractivity contribution in [1.29, 1.82) is 0 Å². The normalized spacial score (nSPS) is 27.5. The Kier molecular flexibility index (Phi) is 4.24. The van der Waals surface area contributed by atoms with Gasteiger partial charge < -0.3 is 15.3 Å². The van der Waals surface area contributed by atoms with Gasteiger partial charge in [0.15, 0.2) is 0 Å². The Balaban J connectivity index is 1.58. The van der Waals surface area contributed by atoms with Crippen molar-refractivity contribution in [2.45, 2.75) is 38.6 Å². The highest BCUT2D eigenvalue weighted by Crippen LogP contribution is 2.48. The maximum absolute atomic E-state index is 12.5. The summed E-state index contributed by atoms with van der Waals surface area (Å²) in [6.45, 7) is 2.85. The van der Waals surface area contributed by atoms with Crippen LogP contribution in [0.25, 0.3) is 0 Å². The number of urea groups is 1. The smallest absolute Gasteiger partial charge is 0.317 e. The van der Waals surface area contributed by atoms with E-state index >= 15 is 0 Å². The lowest BCUT2D eigenvalue weighted by atomic mass is 9.81. The van der Waals surface area contributed by atoms with Crippen LogP contribution >= 0.6 is 0 Å². The van der Waals surface area contributed by atoms with E-state index in [0.29, 0.717) is 19.5 Å². The largest absolute Gasteiger partial charge is 0.481 e. The van der Waals surface area contributed by atoms with Crippen LogP contribution in [0.5, 0.6) is 0 Å². The van der Waals surface area contributed by atoms with Crippen LogP contribution < -0.4 is 5.32 Å². The van der Waals surface area contributed by atoms with Gasteiger partial charge in [-0.25, -0.2) is 4.79 Å². The number of carboxylic acid groups (broad SMARTS) is 1. The summed E-state index contributed by atoms with van der Waals surface area (Å²) in [5.41, 5.74) is 0.402. The predicted molar refractivity (Wildman–Crippen MR) is 84.9 cm³/mol. The maximum Gasteiger partial charge on any atom is 0.317 e. The fourth-order valence-electron chi connectivity index (χ4n) is 4.02. The van der Waals surface area contributed by atoms with Gasteiger partial charge >= 0.3 is 12.0 Å². The molecule has 2 aliphatic rings. The molecular weight excluding hydrogens is 294 g/mol. The number of carboxylic acids is 1. The van der Waals surface area contributed by atoms with Crippen LogP contribution in [0.2, 0.25) is 0 Å². The molecule has 1 saturated heterocycles. The topological polar surface area (TPSA) is 82.5 Å². The van der Waals surface area contributed by atoms with E-state index < -0.39 is 11.4 Å². The van der Waals surface area contributed by atoms with E-state index in [0.717, 1.165) is 24.8 Å². The van der Waals surface area contributed by atoms with Crippen LogP contribution in [0, 0.1) is 11.3 Å². The molecule has 1 aromatic rings. The third-order valence-electron chi connectivity index (χ3n) is 5.24. The number of pyridine rings is 1. The number of hydrogen-bond acceptors (Lipinski definition) is 3. The lowest BCUT2D eigenvalue weighted by Crippen LogP contribution is -2.45. The number of likely N-dealkylation sites (tertiary alicyclic amines) is 1. The summed E-state index contributed by atoms with van der Waals surface area (Å²) in [7, 11) is 0. The van der Waals surface area contributed by atoms with Gasteiger partial charge in [-0.3, -0.25) is 9.78 Å². The monoisotopic (exact) mass is 317 g/mol. The molecular formula is C17H23N3O3. The first-order valence-corrected chi connectivity index (χ1v) is 8.19. The molecule has 6 nitrogen and oxygen atoms in total. The summed E-state index contributed by atoms with van der Waals surface area (Å²) in [5, 5.41) is 12.6. The van der Waals surface area contributed by atoms with Crippen molar-refractivity contribution < 1.29 is 14.7 Å². The van der Waals surface area contributed by atoms with E-state index in [2.05, 4.69) is 10.3 Å². The van der Waals surface area contributed by atoms with Crippen molar-refractivity contribution in [1.82, 2.24) is 15.2 Å². The van der Waals surface area contributed by atoms with Crippen LogP contribution in [-0.4, -0.2) is 46.1 Å². The number of aromatic nitrogens is 1. The van der Waals surface area contributed by atoms with Gasteiger partial charge in [0, 0.05) is 31.5 Å². The molecule has 6 heteroatoms. The zero-order valence-electron chi connectivity index (χ0n) is 13.4. The molecule has 3 atom stereocenters. The molecule has 2 heterocycles. The van der Waals surface area contributed by atoms with Crippen molar-refractivity contribution in [3.05, 3.63) is 30.1 Å². The summed E-state index contributed by atoms with van der Waals surface area (Å²) in [4.78, 5) is 29.8. The van der Waals surface area contributed by atoms with E-state index in [4.69, 9.17) is 0 Å². The minimum absolute atomic E-state index is 0.00822. The lowest BCUT2D eigenvalue weighted by Gasteiger charge is -2.24. The number of carbonyl (C=O) groups excluding carboxylic acids is 1. The zero-order valence-corrected chi connectivity index (χ0v) is 13.4. The predicted octanol–water partition coefficient (Wildman–Crippen LogP) is 1.91. The van der Waals surface area contributed by atoms with E-state index in [9.17, 15) is 14.7 Å². The number of hydrogen-bond donors (Lipinski definition) is 2. The molecule has 0 radical (unpaired) electrons. The minimum Gasteiger partial charge on any atom is -0.481 e. The number of amides is 2. The molecule has 1 aliphatic heterocycles. The van der Waals surface area contributed by atoms with Gasteiger partial charge in [-0.05, 0) is 49.8 Å². The van der Waals surface area contributed by atoms with E-state index in [-0.39, 0.29) is 18.0 Å². The first-order valence-electron chi connectivity index (χ1n) is 8.19. The molecule has 2 fully saturated rings. The Morgan fingerprint density at radius 1 is 1.48 bits per heavy atom. The van der Waals surface area contributed by atoms with Crippen molar-refractivity contribution >= 4 is 12.0 Å². The standard InChI is InChI=1S/C17H23N3O3/c1-12(9-13-4-7-18-8-5-13)19-16(23)20-10-14-3-2-6-17(14,11-20)15(21)22/h4-5,7-8,12,14H,2-3,6,9-11H2,1H3,(H,19,23)(H,21,22)/t12?,14-,17+/m0/s1. The van der Waals surface area contributed by atoms with Crippen molar-refractivity contribution in [3.8, 4) is 0 Å². The minimum atomic E-state index is -0.750. The van der Waals surface area contributed by atoms with Gasteiger partial charge in [0.1, 0.15) is 0 Å². The summed E-state index contributed by atoms with van der Waals surface area (Å²) in [6.07, 6.45) is 6.75. The summed E-state index contributed by atoms with van der Waals surface area (Å²) >= 11 is 0. The van der Waals surface area contributed by atoms with Gasteiger partial charge in [0.2, 0.25) is 0 Å². The average molecular weight is 317 g/mol. The third kappa shape index (κ3) is 3.02. The SMILES string of the molecule is CC(Cc1ccncc1)NC(=O)N1C[C@@H]2CCC[C@@]2(C(=O)O)C1. The Bertz CT molecular complexity index is 592. The quantitative estimate of drug-likeness (QED) is 0.888. The molecule has 0 spiro atoms. The first-order chi connectivity index (χ1) is 11.0. The van der Waals surface area contributed by atoms with Crippen molar-refractivity contribution in [2.75, 3.05) is 13.1 Å². The molecule has 0 aromatic carbocycles. The van der Waals surface area contributed by atoms with Gasteiger partial charge in [0.25, 0.3) is 0 Å². The van der Waals surface area contributed by atoms with Crippen LogP contribution in [-0.2, 0) is 11.2 Å². The summed E-state index contributed by atoms with van der Waals surface area (Å²) in [6, 6.07) is 3.71. The number of nitrogens with one attached hydrogen (secondary N) is 1. The molecule has 1 saturated carbocycles. The molecule has 1 unspecified atom stereocenters. The Morgan fingerprint density at radius 3 is 2.87 bits per heavy atom. The highest BCUT2D eigenvalue weighted by molar-refractivity contribution is 5.80. The van der Waals surface area contributed by atoms with E-state index in [1.807, 2.05) is 19.1 Å². The maximum atomic E-state index is 12.5. The summed E-state index contributed by atoms with van der Waals surface area (Å²) in [5.74, 6) is -0.651. The molecule has 23 heavy (non-hydrogen) atoms. The molecule has 1 aliphatic carbocycles. The van der Waals surface area contributed by atoms with E-state index in [1.165, 1.54) is 0 Å².